The van der Waals surface area contributed by atoms with Crippen molar-refractivity contribution in [2.75, 3.05) is 18.0 Å². The van der Waals surface area contributed by atoms with Crippen molar-refractivity contribution in [1.29, 1.82) is 5.26 Å². The maximum Gasteiger partial charge on any atom is 0.163 e. The summed E-state index contributed by atoms with van der Waals surface area (Å²) in [5.74, 6) is -0.439. The molecule has 3 nitrogen and oxygen atoms in total. The van der Waals surface area contributed by atoms with Crippen LogP contribution in [0.4, 0.5) is 10.1 Å². The van der Waals surface area contributed by atoms with Crippen LogP contribution in [0, 0.1) is 22.6 Å². The zero-order valence-corrected chi connectivity index (χ0v) is 14.0. The van der Waals surface area contributed by atoms with Gasteiger partial charge in [0.1, 0.15) is 22.3 Å². The van der Waals surface area contributed by atoms with Gasteiger partial charge in [-0.15, -0.1) is 0 Å². The minimum absolute atomic E-state index is 0.0683. The molecule has 1 aliphatic carbocycles. The van der Waals surface area contributed by atoms with E-state index < -0.39 is 5.82 Å². The average Bonchev–Trinajstić information content (AvgIpc) is 3.12. The molecular formula is C16H12BrClFN3. The van der Waals surface area contributed by atoms with Crippen molar-refractivity contribution >= 4 is 44.1 Å². The van der Waals surface area contributed by atoms with E-state index in [0.717, 1.165) is 25.2 Å². The molecule has 1 aromatic heterocycles. The number of halogens is 3. The van der Waals surface area contributed by atoms with Gasteiger partial charge in [0, 0.05) is 18.5 Å². The summed E-state index contributed by atoms with van der Waals surface area (Å²) in [6.45, 7) is 1.79. The van der Waals surface area contributed by atoms with Gasteiger partial charge in [0.2, 0.25) is 0 Å². The third-order valence-electron chi connectivity index (χ3n) is 4.80. The van der Waals surface area contributed by atoms with Gasteiger partial charge in [0.05, 0.1) is 10.2 Å². The van der Waals surface area contributed by atoms with Crippen LogP contribution >= 0.6 is 27.5 Å². The van der Waals surface area contributed by atoms with Crippen molar-refractivity contribution in [1.82, 2.24) is 4.98 Å². The Morgan fingerprint density at radius 1 is 1.36 bits per heavy atom. The van der Waals surface area contributed by atoms with Crippen molar-refractivity contribution in [2.24, 2.45) is 5.41 Å². The van der Waals surface area contributed by atoms with Gasteiger partial charge in [0.25, 0.3) is 0 Å². The molecule has 1 saturated carbocycles. The molecule has 0 N–H and O–H groups in total. The van der Waals surface area contributed by atoms with Gasteiger partial charge in [0.15, 0.2) is 5.82 Å². The first-order chi connectivity index (χ1) is 10.5. The number of hydrogen-bond acceptors (Lipinski definition) is 3. The molecule has 1 aromatic carbocycles. The van der Waals surface area contributed by atoms with Gasteiger partial charge < -0.3 is 4.90 Å². The Morgan fingerprint density at radius 3 is 2.77 bits per heavy atom. The van der Waals surface area contributed by atoms with E-state index in [1.165, 1.54) is 12.8 Å². The van der Waals surface area contributed by atoms with Gasteiger partial charge in [-0.25, -0.2) is 9.37 Å². The zero-order valence-electron chi connectivity index (χ0n) is 11.7. The summed E-state index contributed by atoms with van der Waals surface area (Å²) in [6, 6.07) is 5.60. The lowest BCUT2D eigenvalue weighted by atomic mass is 10.1. The molecular weight excluding hydrogens is 369 g/mol. The molecule has 2 heterocycles. The second-order valence-corrected chi connectivity index (χ2v) is 7.38. The topological polar surface area (TPSA) is 39.9 Å². The van der Waals surface area contributed by atoms with Crippen LogP contribution in [-0.2, 0) is 0 Å². The van der Waals surface area contributed by atoms with E-state index in [1.54, 1.807) is 12.1 Å². The van der Waals surface area contributed by atoms with Crippen molar-refractivity contribution in [2.45, 2.75) is 19.3 Å². The van der Waals surface area contributed by atoms with Crippen LogP contribution in [0.2, 0.25) is 5.15 Å². The molecule has 1 spiro atoms. The standard InChI is InChI=1S/C16H12BrClFN3/c17-11-2-1-9-13(12(11)19)21-15(18)10(7-20)14(9)22-6-5-16(8-22)3-4-16/h1-2H,3-6,8H2. The lowest BCUT2D eigenvalue weighted by Gasteiger charge is -2.22. The van der Waals surface area contributed by atoms with E-state index in [-0.39, 0.29) is 10.7 Å². The van der Waals surface area contributed by atoms with Crippen molar-refractivity contribution < 1.29 is 4.39 Å². The molecule has 2 fully saturated rings. The monoisotopic (exact) mass is 379 g/mol. The molecule has 1 saturated heterocycles. The van der Waals surface area contributed by atoms with Crippen LogP contribution in [-0.4, -0.2) is 18.1 Å². The molecule has 4 rings (SSSR count). The normalized spacial score (nSPS) is 18.9. The zero-order chi connectivity index (χ0) is 15.5. The number of hydrogen-bond donors (Lipinski definition) is 0. The van der Waals surface area contributed by atoms with Gasteiger partial charge in [-0.3, -0.25) is 0 Å². The molecule has 22 heavy (non-hydrogen) atoms. The molecule has 0 unspecified atom stereocenters. The third-order valence-corrected chi connectivity index (χ3v) is 5.69. The van der Waals surface area contributed by atoms with Crippen LogP contribution in [0.25, 0.3) is 10.9 Å². The molecule has 0 bridgehead atoms. The SMILES string of the molecule is N#Cc1c(Cl)nc2c(F)c(Br)ccc2c1N1CCC2(CC2)C1. The van der Waals surface area contributed by atoms with Crippen molar-refractivity contribution in [3.8, 4) is 6.07 Å². The molecule has 6 heteroatoms. The first kappa shape index (κ1) is 14.2. The maximum absolute atomic E-state index is 14.4. The molecule has 0 amide bonds. The summed E-state index contributed by atoms with van der Waals surface area (Å²) in [5, 5.41) is 10.2. The molecule has 2 aliphatic rings. The number of pyridine rings is 1. The molecule has 0 atom stereocenters. The summed E-state index contributed by atoms with van der Waals surface area (Å²) in [5.41, 5.74) is 1.69. The van der Waals surface area contributed by atoms with E-state index >= 15 is 0 Å². The van der Waals surface area contributed by atoms with Crippen LogP contribution in [0.1, 0.15) is 24.8 Å². The number of rotatable bonds is 1. The highest BCUT2D eigenvalue weighted by Gasteiger charge is 2.48. The Kier molecular flexibility index (Phi) is 3.11. The quantitative estimate of drug-likeness (QED) is 0.676. The first-order valence-electron chi connectivity index (χ1n) is 7.17. The van der Waals surface area contributed by atoms with Crippen LogP contribution in [0.3, 0.4) is 0 Å². The Morgan fingerprint density at radius 2 is 2.14 bits per heavy atom. The van der Waals surface area contributed by atoms with E-state index in [2.05, 4.69) is 31.9 Å². The fraction of sp³-hybridized carbons (Fsp3) is 0.375. The van der Waals surface area contributed by atoms with E-state index in [1.807, 2.05) is 0 Å². The maximum atomic E-state index is 14.4. The first-order valence-corrected chi connectivity index (χ1v) is 8.34. The predicted molar refractivity (Wildman–Crippen MR) is 87.6 cm³/mol. The highest BCUT2D eigenvalue weighted by Crippen LogP contribution is 2.54. The van der Waals surface area contributed by atoms with Crippen LogP contribution in [0.5, 0.6) is 0 Å². The van der Waals surface area contributed by atoms with Gasteiger partial charge in [-0.2, -0.15) is 5.26 Å². The van der Waals surface area contributed by atoms with Gasteiger partial charge >= 0.3 is 0 Å². The summed E-state index contributed by atoms with van der Waals surface area (Å²) < 4.78 is 14.7. The van der Waals surface area contributed by atoms with Crippen molar-refractivity contribution in [3.63, 3.8) is 0 Å². The minimum atomic E-state index is -0.439. The molecule has 2 aromatic rings. The minimum Gasteiger partial charge on any atom is -0.369 e. The number of aromatic nitrogens is 1. The fourth-order valence-corrected chi connectivity index (χ4v) is 3.90. The lowest BCUT2D eigenvalue weighted by molar-refractivity contribution is 0.581. The summed E-state index contributed by atoms with van der Waals surface area (Å²) in [7, 11) is 0. The number of anilines is 1. The van der Waals surface area contributed by atoms with Crippen molar-refractivity contribution in [3.05, 3.63) is 33.1 Å². The highest BCUT2D eigenvalue weighted by molar-refractivity contribution is 9.10. The number of benzene rings is 1. The second kappa shape index (κ2) is 4.81. The lowest BCUT2D eigenvalue weighted by Crippen LogP contribution is -2.22. The van der Waals surface area contributed by atoms with Gasteiger partial charge in [-0.1, -0.05) is 11.6 Å². The third kappa shape index (κ3) is 2.01. The molecule has 112 valence electrons. The Bertz CT molecular complexity index is 842. The number of fused-ring (bicyclic) bond motifs is 1. The molecule has 0 radical (unpaired) electrons. The van der Waals surface area contributed by atoms with Crippen LogP contribution < -0.4 is 4.90 Å². The second-order valence-electron chi connectivity index (χ2n) is 6.17. The summed E-state index contributed by atoms with van der Waals surface area (Å²) in [6.07, 6.45) is 3.60. The molecule has 1 aliphatic heterocycles. The van der Waals surface area contributed by atoms with E-state index in [4.69, 9.17) is 11.6 Å². The van der Waals surface area contributed by atoms with Crippen LogP contribution in [0.15, 0.2) is 16.6 Å². The average molecular weight is 381 g/mol. The largest absolute Gasteiger partial charge is 0.369 e. The van der Waals surface area contributed by atoms with E-state index in [9.17, 15) is 9.65 Å². The smallest absolute Gasteiger partial charge is 0.163 e. The Hall–Kier alpha value is -1.38. The predicted octanol–water partition coefficient (Wildman–Crippen LogP) is 4.65. The number of nitriles is 1. The highest BCUT2D eigenvalue weighted by atomic mass is 79.9. The summed E-state index contributed by atoms with van der Waals surface area (Å²) >= 11 is 9.33. The summed E-state index contributed by atoms with van der Waals surface area (Å²) in [4.78, 5) is 6.28. The van der Waals surface area contributed by atoms with E-state index in [0.29, 0.717) is 20.8 Å². The number of nitrogens with zero attached hydrogens (tertiary/aromatic N) is 3. The Labute approximate surface area is 140 Å². The van der Waals surface area contributed by atoms with Gasteiger partial charge in [-0.05, 0) is 52.7 Å². The Balaban J connectivity index is 1.98. The fourth-order valence-electron chi connectivity index (χ4n) is 3.37.